The van der Waals surface area contributed by atoms with Gasteiger partial charge in [0.05, 0.1) is 16.9 Å². The van der Waals surface area contributed by atoms with Gasteiger partial charge in [0.15, 0.2) is 26.2 Å². The van der Waals surface area contributed by atoms with E-state index in [9.17, 15) is 26.4 Å². The molecule has 1 N–H and O–H groups in total. The lowest BCUT2D eigenvalue weighted by molar-refractivity contribution is -0.137. The highest BCUT2D eigenvalue weighted by Gasteiger charge is 2.33. The quantitative estimate of drug-likeness (QED) is 0.393. The maximum atomic E-state index is 13.2. The average molecular weight is 526 g/mol. The van der Waals surface area contributed by atoms with Gasteiger partial charge >= 0.3 is 6.18 Å². The Morgan fingerprint density at radius 3 is 2.47 bits per heavy atom. The van der Waals surface area contributed by atoms with Gasteiger partial charge in [0.2, 0.25) is 0 Å². The van der Waals surface area contributed by atoms with E-state index in [1.165, 1.54) is 30.8 Å². The summed E-state index contributed by atoms with van der Waals surface area (Å²) in [5.74, 6) is -1.08. The van der Waals surface area contributed by atoms with Gasteiger partial charge in [-0.25, -0.2) is 33.4 Å². The number of amides is 1. The number of hydrogen-bond donors (Lipinski definition) is 1. The smallest absolute Gasteiger partial charge is 0.312 e. The minimum Gasteiger partial charge on any atom is -0.312 e. The molecule has 0 fully saturated rings. The Morgan fingerprint density at radius 2 is 1.86 bits per heavy atom. The van der Waals surface area contributed by atoms with Crippen LogP contribution >= 0.6 is 0 Å². The van der Waals surface area contributed by atoms with Crippen LogP contribution in [0.2, 0.25) is 0 Å². The first-order valence-electron chi connectivity index (χ1n) is 10.6. The molecule has 0 bridgehead atoms. The first kappa shape index (κ1) is 25.5. The van der Waals surface area contributed by atoms with E-state index in [-0.39, 0.29) is 39.6 Å². The first-order chi connectivity index (χ1) is 16.6. The number of halogens is 3. The molecule has 0 aromatic carbocycles. The zero-order valence-corrected chi connectivity index (χ0v) is 20.7. The molecule has 0 unspecified atom stereocenters. The molecule has 4 rings (SSSR count). The Morgan fingerprint density at radius 1 is 1.17 bits per heavy atom. The van der Waals surface area contributed by atoms with Crippen molar-refractivity contribution >= 4 is 32.6 Å². The van der Waals surface area contributed by atoms with Crippen LogP contribution in [-0.2, 0) is 27.9 Å². The fourth-order valence-electron chi connectivity index (χ4n) is 3.35. The largest absolute Gasteiger partial charge is 0.417 e. The molecular weight excluding hydrogens is 503 g/mol. The first-order valence-corrected chi connectivity index (χ1v) is 12.3. The van der Waals surface area contributed by atoms with Crippen LogP contribution in [-0.4, -0.2) is 54.8 Å². The summed E-state index contributed by atoms with van der Waals surface area (Å²) in [5.41, 5.74) is 0.370. The van der Waals surface area contributed by atoms with Crippen LogP contribution in [0.4, 0.5) is 13.2 Å². The third-order valence-corrected chi connectivity index (χ3v) is 6.74. The molecule has 0 spiro atoms. The lowest BCUT2D eigenvalue weighted by atomic mass is 10.2. The van der Waals surface area contributed by atoms with Crippen LogP contribution in [0.15, 0.2) is 29.6 Å². The zero-order valence-electron chi connectivity index (χ0n) is 19.9. The molecule has 0 saturated carbocycles. The second-order valence-electron chi connectivity index (χ2n) is 8.85. The maximum Gasteiger partial charge on any atom is 0.417 e. The van der Waals surface area contributed by atoms with E-state index < -0.39 is 38.1 Å². The van der Waals surface area contributed by atoms with Gasteiger partial charge in [-0.05, 0) is 32.9 Å². The number of hydrogen-bond acceptors (Lipinski definition) is 8. The number of nitrogens with zero attached hydrogens (tertiary/aromatic N) is 6. The number of carbonyl (C=O) groups excluding carboxylic acids is 1. The minimum atomic E-state index is -4.64. The van der Waals surface area contributed by atoms with E-state index in [2.05, 4.69) is 25.5 Å². The Kier molecular flexibility index (Phi) is 6.03. The Bertz CT molecular complexity index is 1600. The van der Waals surface area contributed by atoms with E-state index in [0.29, 0.717) is 6.20 Å². The van der Waals surface area contributed by atoms with Crippen molar-refractivity contribution in [2.45, 2.75) is 44.5 Å². The predicted octanol–water partition coefficient (Wildman–Crippen LogP) is 2.95. The van der Waals surface area contributed by atoms with E-state index >= 15 is 0 Å². The summed E-state index contributed by atoms with van der Waals surface area (Å²) in [6, 6.07) is 2.14. The summed E-state index contributed by atoms with van der Waals surface area (Å²) in [6.45, 7) is 6.57. The molecular formula is C21H22F3N7O4S. The molecule has 4 aromatic heterocycles. The Hall–Kier alpha value is -3.59. The second kappa shape index (κ2) is 8.51. The molecule has 0 radical (unpaired) electrons. The van der Waals surface area contributed by atoms with Crippen molar-refractivity contribution in [2.75, 3.05) is 5.75 Å². The summed E-state index contributed by atoms with van der Waals surface area (Å²) in [6.07, 6.45) is -2.69. The maximum absolute atomic E-state index is 13.2. The van der Waals surface area contributed by atoms with E-state index in [0.717, 1.165) is 10.6 Å². The van der Waals surface area contributed by atoms with Crippen molar-refractivity contribution in [1.29, 1.82) is 0 Å². The van der Waals surface area contributed by atoms with Crippen LogP contribution in [0, 0.1) is 0 Å². The number of rotatable bonds is 5. The summed E-state index contributed by atoms with van der Waals surface area (Å²) in [7, 11) is -2.51. The topological polar surface area (TPSA) is 133 Å². The summed E-state index contributed by atoms with van der Waals surface area (Å²) >= 11 is 0. The molecule has 0 atom stereocenters. The number of imidazole rings is 1. The van der Waals surface area contributed by atoms with E-state index in [1.807, 2.05) is 0 Å². The second-order valence-corrected chi connectivity index (χ2v) is 11.0. The van der Waals surface area contributed by atoms with Gasteiger partial charge in [-0.2, -0.15) is 18.3 Å². The number of fused-ring (bicyclic) bond motifs is 2. The number of alkyl halides is 3. The van der Waals surface area contributed by atoms with Crippen molar-refractivity contribution in [1.82, 2.24) is 34.6 Å². The Balaban J connectivity index is 1.98. The van der Waals surface area contributed by atoms with Crippen molar-refractivity contribution in [2.24, 2.45) is 7.05 Å². The summed E-state index contributed by atoms with van der Waals surface area (Å²) in [4.78, 5) is 30.4. The van der Waals surface area contributed by atoms with Crippen molar-refractivity contribution < 1.29 is 31.2 Å². The number of sulfone groups is 1. The standard InChI is InChI=1S/C21H22F3N7O4S/c1-6-36(33,34)19-14(17-27-12-9-11(21(22,23)24)10-26-15(12)30(17)5)16-25-8-7-13(31(16)28-19)18(32)29-35-20(2,3)4/h7-10H,6H2,1-5H3,(H,29,32). The molecule has 0 aliphatic carbocycles. The molecule has 192 valence electrons. The molecule has 4 heterocycles. The van der Waals surface area contributed by atoms with Crippen LogP contribution in [0.3, 0.4) is 0 Å². The summed E-state index contributed by atoms with van der Waals surface area (Å²) < 4.78 is 68.0. The fraction of sp³-hybridized carbons (Fsp3) is 0.381. The number of aromatic nitrogens is 6. The van der Waals surface area contributed by atoms with Gasteiger partial charge in [0.1, 0.15) is 22.6 Å². The van der Waals surface area contributed by atoms with Crippen molar-refractivity contribution in [3.05, 3.63) is 35.8 Å². The Labute approximate surface area is 203 Å². The van der Waals surface area contributed by atoms with Crippen molar-refractivity contribution in [3.63, 3.8) is 0 Å². The van der Waals surface area contributed by atoms with Crippen LogP contribution in [0.1, 0.15) is 43.7 Å². The van der Waals surface area contributed by atoms with Crippen LogP contribution < -0.4 is 5.48 Å². The highest BCUT2D eigenvalue weighted by atomic mass is 32.2. The SMILES string of the molecule is CCS(=O)(=O)c1nn2c(C(=O)NOC(C)(C)C)ccnc2c1-c1nc2cc(C(F)(F)F)cnc2n1C. The van der Waals surface area contributed by atoms with Crippen molar-refractivity contribution in [3.8, 4) is 11.4 Å². The molecule has 0 saturated heterocycles. The number of aryl methyl sites for hydroxylation is 1. The minimum absolute atomic E-state index is 0.0325. The third kappa shape index (κ3) is 4.51. The predicted molar refractivity (Wildman–Crippen MR) is 122 cm³/mol. The molecule has 4 aromatic rings. The van der Waals surface area contributed by atoms with Gasteiger partial charge in [-0.1, -0.05) is 6.92 Å². The monoisotopic (exact) mass is 525 g/mol. The third-order valence-electron chi connectivity index (χ3n) is 5.10. The van der Waals surface area contributed by atoms with E-state index in [1.54, 1.807) is 20.8 Å². The summed E-state index contributed by atoms with van der Waals surface area (Å²) in [5, 5.41) is 3.73. The van der Waals surface area contributed by atoms with Gasteiger partial charge < -0.3 is 4.57 Å². The van der Waals surface area contributed by atoms with Crippen LogP contribution in [0.25, 0.3) is 28.2 Å². The van der Waals surface area contributed by atoms with Gasteiger partial charge in [-0.3, -0.25) is 9.63 Å². The highest BCUT2D eigenvalue weighted by Crippen LogP contribution is 2.35. The van der Waals surface area contributed by atoms with Crippen LogP contribution in [0.5, 0.6) is 0 Å². The molecule has 0 aliphatic rings. The normalized spacial score (nSPS) is 13.0. The average Bonchev–Trinajstić information content (AvgIpc) is 3.34. The highest BCUT2D eigenvalue weighted by molar-refractivity contribution is 7.91. The van der Waals surface area contributed by atoms with E-state index in [4.69, 9.17) is 4.84 Å². The fourth-order valence-corrected chi connectivity index (χ4v) is 4.33. The number of carbonyl (C=O) groups is 1. The number of nitrogens with one attached hydrogen (secondary N) is 1. The van der Waals surface area contributed by atoms with Gasteiger partial charge in [0, 0.05) is 19.4 Å². The lowest BCUT2D eigenvalue weighted by Gasteiger charge is -2.18. The lowest BCUT2D eigenvalue weighted by Crippen LogP contribution is -2.34. The molecule has 11 nitrogen and oxygen atoms in total. The zero-order chi connectivity index (χ0) is 26.6. The molecule has 0 aliphatic heterocycles. The molecule has 36 heavy (non-hydrogen) atoms. The van der Waals surface area contributed by atoms with Gasteiger partial charge in [-0.15, -0.1) is 0 Å². The molecule has 15 heteroatoms. The van der Waals surface area contributed by atoms with Gasteiger partial charge in [0.25, 0.3) is 5.91 Å². The number of pyridine rings is 1. The number of hydroxylamine groups is 1. The molecule has 1 amide bonds.